The van der Waals surface area contributed by atoms with Crippen LogP contribution in [0.4, 0.5) is 0 Å². The lowest BCUT2D eigenvalue weighted by molar-refractivity contribution is 0.147. The van der Waals surface area contributed by atoms with Crippen LogP contribution in [0.5, 0.6) is 0 Å². The van der Waals surface area contributed by atoms with Gasteiger partial charge in [0, 0.05) is 6.54 Å². The number of hydrogen-bond acceptors (Lipinski definition) is 1. The van der Waals surface area contributed by atoms with E-state index in [-0.39, 0.29) is 0 Å². The van der Waals surface area contributed by atoms with Gasteiger partial charge in [0.05, 0.1) is 0 Å². The molecule has 32 heavy (non-hydrogen) atoms. The van der Waals surface area contributed by atoms with Crippen molar-refractivity contribution < 1.29 is 0 Å². The summed E-state index contributed by atoms with van der Waals surface area (Å²) in [6.07, 6.45) is 30.6. The minimum atomic E-state index is 0.961. The molecule has 0 aromatic heterocycles. The van der Waals surface area contributed by atoms with Gasteiger partial charge in [-0.1, -0.05) is 137 Å². The van der Waals surface area contributed by atoms with E-state index >= 15 is 0 Å². The van der Waals surface area contributed by atoms with Crippen molar-refractivity contribution >= 4 is 0 Å². The summed E-state index contributed by atoms with van der Waals surface area (Å²) in [4.78, 5) is 2.81. The Kier molecular flexibility index (Phi) is 20.1. The van der Waals surface area contributed by atoms with Gasteiger partial charge in [-0.3, -0.25) is 0 Å². The first-order chi connectivity index (χ1) is 15.7. The van der Waals surface area contributed by atoms with E-state index < -0.39 is 0 Å². The molecule has 1 heteroatoms. The number of piperidine rings is 1. The fourth-order valence-corrected chi connectivity index (χ4v) is 6.07. The molecule has 0 amide bonds. The average Bonchev–Trinajstić information content (AvgIpc) is 2.81. The fourth-order valence-electron chi connectivity index (χ4n) is 6.07. The summed E-state index contributed by atoms with van der Waals surface area (Å²) < 4.78 is 0. The van der Waals surface area contributed by atoms with E-state index in [9.17, 15) is 0 Å². The predicted octanol–water partition coefficient (Wildman–Crippen LogP) is 10.4. The van der Waals surface area contributed by atoms with Gasteiger partial charge in [-0.2, -0.15) is 0 Å². The second-order valence-corrected chi connectivity index (χ2v) is 11.4. The van der Waals surface area contributed by atoms with Gasteiger partial charge in [0.1, 0.15) is 0 Å². The smallest absolute Gasteiger partial charge is 0.000966 e. The summed E-state index contributed by atoms with van der Waals surface area (Å²) in [6, 6.07) is 0. The SMILES string of the molecule is CCCCCCC(CCCCCC)CCCCC1CCN(CC(CCC)CCCC)CC1. The molecule has 0 aromatic rings. The Morgan fingerprint density at radius 2 is 1.06 bits per heavy atom. The molecule has 0 N–H and O–H groups in total. The number of hydrogen-bond donors (Lipinski definition) is 0. The van der Waals surface area contributed by atoms with Gasteiger partial charge in [-0.15, -0.1) is 0 Å². The molecule has 1 heterocycles. The molecule has 1 atom stereocenters. The summed E-state index contributed by atoms with van der Waals surface area (Å²) in [6.45, 7) is 13.5. The van der Waals surface area contributed by atoms with E-state index in [1.807, 2.05) is 0 Å². The topological polar surface area (TPSA) is 3.24 Å². The monoisotopic (exact) mass is 449 g/mol. The second-order valence-electron chi connectivity index (χ2n) is 11.4. The minimum Gasteiger partial charge on any atom is -0.303 e. The normalized spacial score (nSPS) is 16.8. The van der Waals surface area contributed by atoms with Gasteiger partial charge in [-0.05, 0) is 56.5 Å². The molecule has 0 saturated carbocycles. The summed E-state index contributed by atoms with van der Waals surface area (Å²) in [5.41, 5.74) is 0. The van der Waals surface area contributed by atoms with Crippen LogP contribution in [-0.2, 0) is 0 Å². The molecule has 0 aromatic carbocycles. The van der Waals surface area contributed by atoms with E-state index in [1.165, 1.54) is 154 Å². The zero-order valence-corrected chi connectivity index (χ0v) is 23.1. The average molecular weight is 450 g/mol. The second kappa shape index (κ2) is 21.5. The highest BCUT2D eigenvalue weighted by atomic mass is 15.1. The van der Waals surface area contributed by atoms with Gasteiger partial charge in [0.2, 0.25) is 0 Å². The fraction of sp³-hybridized carbons (Fsp3) is 1.00. The first kappa shape index (κ1) is 30.0. The molecular weight excluding hydrogens is 386 g/mol. The predicted molar refractivity (Wildman–Crippen MR) is 147 cm³/mol. The minimum absolute atomic E-state index is 0.961. The maximum atomic E-state index is 2.81. The number of likely N-dealkylation sites (tertiary alicyclic amines) is 1. The van der Waals surface area contributed by atoms with E-state index in [4.69, 9.17) is 0 Å². The maximum absolute atomic E-state index is 2.81. The first-order valence-corrected chi connectivity index (χ1v) is 15.5. The van der Waals surface area contributed by atoms with Crippen LogP contribution in [0.15, 0.2) is 0 Å². The zero-order valence-electron chi connectivity index (χ0n) is 23.1. The van der Waals surface area contributed by atoms with Crippen molar-refractivity contribution in [2.75, 3.05) is 19.6 Å². The molecule has 1 fully saturated rings. The Labute approximate surface area is 204 Å². The molecule has 1 saturated heterocycles. The first-order valence-electron chi connectivity index (χ1n) is 15.5. The van der Waals surface area contributed by atoms with Gasteiger partial charge < -0.3 is 4.90 Å². The van der Waals surface area contributed by atoms with Crippen molar-refractivity contribution in [1.29, 1.82) is 0 Å². The summed E-state index contributed by atoms with van der Waals surface area (Å²) in [5.74, 6) is 3.02. The lowest BCUT2D eigenvalue weighted by atomic mass is 9.87. The molecule has 1 aliphatic heterocycles. The summed E-state index contributed by atoms with van der Waals surface area (Å²) >= 11 is 0. The van der Waals surface area contributed by atoms with Crippen LogP contribution in [-0.4, -0.2) is 24.5 Å². The Hall–Kier alpha value is -0.0400. The van der Waals surface area contributed by atoms with Crippen LogP contribution < -0.4 is 0 Å². The highest BCUT2D eigenvalue weighted by molar-refractivity contribution is 4.75. The van der Waals surface area contributed by atoms with Crippen molar-refractivity contribution in [3.05, 3.63) is 0 Å². The quantitative estimate of drug-likeness (QED) is 0.148. The van der Waals surface area contributed by atoms with Crippen molar-refractivity contribution in [2.24, 2.45) is 17.8 Å². The molecule has 0 aliphatic carbocycles. The number of unbranched alkanes of at least 4 members (excludes halogenated alkanes) is 8. The van der Waals surface area contributed by atoms with Gasteiger partial charge in [0.25, 0.3) is 0 Å². The van der Waals surface area contributed by atoms with Crippen LogP contribution in [0, 0.1) is 17.8 Å². The highest BCUT2D eigenvalue weighted by Crippen LogP contribution is 2.28. The van der Waals surface area contributed by atoms with Gasteiger partial charge >= 0.3 is 0 Å². The molecule has 1 unspecified atom stereocenters. The third kappa shape index (κ3) is 15.7. The summed E-state index contributed by atoms with van der Waals surface area (Å²) in [5, 5.41) is 0. The van der Waals surface area contributed by atoms with Crippen LogP contribution >= 0.6 is 0 Å². The van der Waals surface area contributed by atoms with E-state index in [2.05, 4.69) is 32.6 Å². The van der Waals surface area contributed by atoms with Crippen molar-refractivity contribution in [3.8, 4) is 0 Å². The third-order valence-electron chi connectivity index (χ3n) is 8.29. The molecule has 0 bridgehead atoms. The van der Waals surface area contributed by atoms with E-state index in [0.717, 1.165) is 17.8 Å². The standard InChI is InChI=1S/C31H63N/c1-5-9-12-14-20-29(21-15-13-10-6-2)22-16-17-23-30-24-26-32(27-25-30)28-31(18-8-4)19-11-7-3/h29-31H,5-28H2,1-4H3. The van der Waals surface area contributed by atoms with Gasteiger partial charge in [-0.25, -0.2) is 0 Å². The lowest BCUT2D eigenvalue weighted by Crippen LogP contribution is -2.37. The Morgan fingerprint density at radius 3 is 1.59 bits per heavy atom. The zero-order chi connectivity index (χ0) is 23.3. The molecule has 1 nitrogen and oxygen atoms in total. The Morgan fingerprint density at radius 1 is 0.531 bits per heavy atom. The molecule has 1 rings (SSSR count). The number of rotatable bonds is 22. The van der Waals surface area contributed by atoms with Gasteiger partial charge in [0.15, 0.2) is 0 Å². The van der Waals surface area contributed by atoms with Crippen LogP contribution in [0.3, 0.4) is 0 Å². The maximum Gasteiger partial charge on any atom is 0.000966 e. The molecule has 192 valence electrons. The molecule has 0 spiro atoms. The van der Waals surface area contributed by atoms with Crippen molar-refractivity contribution in [2.45, 2.75) is 163 Å². The third-order valence-corrected chi connectivity index (χ3v) is 8.29. The van der Waals surface area contributed by atoms with E-state index in [0.29, 0.717) is 0 Å². The molecular formula is C31H63N. The molecule has 1 aliphatic rings. The van der Waals surface area contributed by atoms with E-state index in [1.54, 1.807) is 0 Å². The van der Waals surface area contributed by atoms with Crippen molar-refractivity contribution in [1.82, 2.24) is 4.90 Å². The summed E-state index contributed by atoms with van der Waals surface area (Å²) in [7, 11) is 0. The Bertz CT molecular complexity index is 359. The van der Waals surface area contributed by atoms with Crippen molar-refractivity contribution in [3.63, 3.8) is 0 Å². The largest absolute Gasteiger partial charge is 0.303 e. The number of nitrogens with zero attached hydrogens (tertiary/aromatic N) is 1. The Balaban J connectivity index is 2.19. The van der Waals surface area contributed by atoms with Crippen LogP contribution in [0.2, 0.25) is 0 Å². The van der Waals surface area contributed by atoms with Crippen LogP contribution in [0.25, 0.3) is 0 Å². The lowest BCUT2D eigenvalue weighted by Gasteiger charge is -2.34. The highest BCUT2D eigenvalue weighted by Gasteiger charge is 2.21. The molecule has 0 radical (unpaired) electrons. The van der Waals surface area contributed by atoms with Crippen LogP contribution in [0.1, 0.15) is 163 Å².